The summed E-state index contributed by atoms with van der Waals surface area (Å²) >= 11 is 0. The van der Waals surface area contributed by atoms with Gasteiger partial charge in [-0.05, 0) is 55.3 Å². The first-order valence-corrected chi connectivity index (χ1v) is 11.0. The maximum atomic E-state index is 13.4. The number of hydrogen-bond acceptors (Lipinski definition) is 4. The Labute approximate surface area is 197 Å². The highest BCUT2D eigenvalue weighted by molar-refractivity contribution is 6.52. The fraction of sp³-hybridized carbons (Fsp3) is 0.143. The topological polar surface area (TPSA) is 82.6 Å². The minimum atomic E-state index is -0.792. The first-order chi connectivity index (χ1) is 16.4. The molecule has 1 saturated heterocycles. The maximum Gasteiger partial charge on any atom is 0.300 e. The number of H-pyrrole nitrogens is 1. The fourth-order valence-corrected chi connectivity index (χ4v) is 4.71. The van der Waals surface area contributed by atoms with Crippen LogP contribution in [-0.2, 0) is 9.59 Å². The number of aromatic nitrogens is 1. The number of nitrogens with zero attached hydrogens (tertiary/aromatic N) is 1. The second kappa shape index (κ2) is 8.23. The van der Waals surface area contributed by atoms with Crippen LogP contribution in [0, 0.1) is 13.8 Å². The van der Waals surface area contributed by atoms with Crippen LogP contribution in [0.3, 0.4) is 0 Å². The van der Waals surface area contributed by atoms with Crippen LogP contribution >= 0.6 is 0 Å². The fourth-order valence-electron chi connectivity index (χ4n) is 4.71. The van der Waals surface area contributed by atoms with Gasteiger partial charge >= 0.3 is 0 Å². The van der Waals surface area contributed by atoms with E-state index in [2.05, 4.69) is 4.98 Å². The number of methoxy groups -OCH3 is 1. The van der Waals surface area contributed by atoms with Gasteiger partial charge in [0.2, 0.25) is 0 Å². The van der Waals surface area contributed by atoms with Gasteiger partial charge in [-0.1, -0.05) is 36.4 Å². The Morgan fingerprint density at radius 1 is 0.971 bits per heavy atom. The van der Waals surface area contributed by atoms with E-state index in [1.807, 2.05) is 62.4 Å². The number of aromatic amines is 1. The van der Waals surface area contributed by atoms with E-state index < -0.39 is 17.7 Å². The van der Waals surface area contributed by atoms with Crippen LogP contribution in [0.4, 0.5) is 5.69 Å². The van der Waals surface area contributed by atoms with E-state index in [0.717, 1.165) is 27.6 Å². The summed E-state index contributed by atoms with van der Waals surface area (Å²) in [4.78, 5) is 31.6. The van der Waals surface area contributed by atoms with E-state index in [9.17, 15) is 14.7 Å². The van der Waals surface area contributed by atoms with Gasteiger partial charge < -0.3 is 14.8 Å². The third-order valence-electron chi connectivity index (χ3n) is 6.40. The van der Waals surface area contributed by atoms with Crippen molar-refractivity contribution in [2.24, 2.45) is 0 Å². The average Bonchev–Trinajstić information content (AvgIpc) is 3.37. The van der Waals surface area contributed by atoms with Crippen LogP contribution in [0.1, 0.15) is 28.3 Å². The second-order valence-corrected chi connectivity index (χ2v) is 8.43. The zero-order valence-electron chi connectivity index (χ0n) is 19.1. The lowest BCUT2D eigenvalue weighted by Gasteiger charge is -2.26. The Morgan fingerprint density at radius 3 is 2.44 bits per heavy atom. The van der Waals surface area contributed by atoms with Crippen LogP contribution < -0.4 is 9.64 Å². The number of ketones is 1. The predicted molar refractivity (Wildman–Crippen MR) is 132 cm³/mol. The number of aliphatic hydroxyl groups is 1. The Balaban J connectivity index is 1.79. The summed E-state index contributed by atoms with van der Waals surface area (Å²) in [5, 5.41) is 12.3. The van der Waals surface area contributed by atoms with Gasteiger partial charge in [-0.15, -0.1) is 0 Å². The van der Waals surface area contributed by atoms with Gasteiger partial charge in [-0.3, -0.25) is 14.5 Å². The number of aliphatic hydroxyl groups excluding tert-OH is 1. The Hall–Kier alpha value is -4.32. The zero-order chi connectivity index (χ0) is 24.0. The van der Waals surface area contributed by atoms with Crippen molar-refractivity contribution in [1.29, 1.82) is 0 Å². The highest BCUT2D eigenvalue weighted by Crippen LogP contribution is 2.45. The standard InChI is InChI=1S/C28H24N2O4/c1-16-8-4-7-11-22(16)30-25(20-15-29-21-10-6-5-9-19(20)21)24(27(32)28(30)33)26(31)18-12-13-23(34-3)17(2)14-18/h4-15,25,29,31H,1-3H3/b26-24+. The first-order valence-electron chi connectivity index (χ1n) is 11.0. The average molecular weight is 453 g/mol. The molecule has 2 N–H and O–H groups in total. The highest BCUT2D eigenvalue weighted by Gasteiger charge is 2.48. The molecule has 6 heteroatoms. The van der Waals surface area contributed by atoms with Crippen molar-refractivity contribution in [1.82, 2.24) is 4.98 Å². The lowest BCUT2D eigenvalue weighted by molar-refractivity contribution is -0.132. The molecule has 0 saturated carbocycles. The van der Waals surface area contributed by atoms with Gasteiger partial charge in [0.05, 0.1) is 18.7 Å². The molecule has 170 valence electrons. The molecule has 1 aliphatic heterocycles. The number of anilines is 1. The second-order valence-electron chi connectivity index (χ2n) is 8.43. The molecule has 34 heavy (non-hydrogen) atoms. The van der Waals surface area contributed by atoms with Crippen LogP contribution in [0.15, 0.2) is 78.5 Å². The number of carbonyl (C=O) groups excluding carboxylic acids is 2. The summed E-state index contributed by atoms with van der Waals surface area (Å²) in [5.41, 5.74) is 4.43. The van der Waals surface area contributed by atoms with Crippen LogP contribution in [0.25, 0.3) is 16.7 Å². The van der Waals surface area contributed by atoms with E-state index in [0.29, 0.717) is 17.0 Å². The van der Waals surface area contributed by atoms with Gasteiger partial charge in [-0.2, -0.15) is 0 Å². The van der Waals surface area contributed by atoms with E-state index in [1.54, 1.807) is 31.5 Å². The van der Waals surface area contributed by atoms with Crippen molar-refractivity contribution in [3.05, 3.63) is 101 Å². The van der Waals surface area contributed by atoms with E-state index in [-0.39, 0.29) is 11.3 Å². The summed E-state index contributed by atoms with van der Waals surface area (Å²) < 4.78 is 5.33. The Bertz CT molecular complexity index is 1480. The third-order valence-corrected chi connectivity index (χ3v) is 6.40. The molecule has 1 amide bonds. The largest absolute Gasteiger partial charge is 0.507 e. The van der Waals surface area contributed by atoms with Gasteiger partial charge in [0.1, 0.15) is 11.5 Å². The van der Waals surface area contributed by atoms with Crippen molar-refractivity contribution in [3.8, 4) is 5.75 Å². The van der Waals surface area contributed by atoms with Crippen molar-refractivity contribution in [2.75, 3.05) is 12.0 Å². The van der Waals surface area contributed by atoms with Crippen molar-refractivity contribution >= 4 is 34.0 Å². The molecule has 0 radical (unpaired) electrons. The summed E-state index contributed by atoms with van der Waals surface area (Å²) in [6.45, 7) is 3.76. The summed E-state index contributed by atoms with van der Waals surface area (Å²) in [5.74, 6) is -0.929. The van der Waals surface area contributed by atoms with Crippen molar-refractivity contribution < 1.29 is 19.4 Å². The quantitative estimate of drug-likeness (QED) is 0.246. The monoisotopic (exact) mass is 452 g/mol. The normalized spacial score (nSPS) is 17.5. The van der Waals surface area contributed by atoms with Gasteiger partial charge in [-0.25, -0.2) is 0 Å². The molecule has 0 bridgehead atoms. The van der Waals surface area contributed by atoms with Crippen LogP contribution in [0.5, 0.6) is 5.75 Å². The molecule has 5 rings (SSSR count). The highest BCUT2D eigenvalue weighted by atomic mass is 16.5. The number of rotatable bonds is 4. The number of ether oxygens (including phenoxy) is 1. The van der Waals surface area contributed by atoms with Gasteiger partial charge in [0.25, 0.3) is 11.7 Å². The molecule has 1 aliphatic rings. The molecule has 1 aromatic heterocycles. The number of benzene rings is 3. The number of amides is 1. The van der Waals surface area contributed by atoms with E-state index >= 15 is 0 Å². The van der Waals surface area contributed by atoms with E-state index in [4.69, 9.17) is 4.74 Å². The third kappa shape index (κ3) is 3.27. The smallest absolute Gasteiger partial charge is 0.300 e. The number of carbonyl (C=O) groups is 2. The number of aryl methyl sites for hydroxylation is 2. The summed E-state index contributed by atoms with van der Waals surface area (Å²) in [6.07, 6.45) is 1.80. The Kier molecular flexibility index (Phi) is 5.21. The molecular formula is C28H24N2O4. The number of para-hydroxylation sites is 2. The molecule has 0 spiro atoms. The minimum Gasteiger partial charge on any atom is -0.507 e. The van der Waals surface area contributed by atoms with Crippen LogP contribution in [-0.4, -0.2) is 28.9 Å². The lowest BCUT2D eigenvalue weighted by atomic mass is 9.94. The van der Waals surface area contributed by atoms with Crippen molar-refractivity contribution in [2.45, 2.75) is 19.9 Å². The molecule has 1 fully saturated rings. The molecule has 0 aliphatic carbocycles. The van der Waals surface area contributed by atoms with Gasteiger partial charge in [0, 0.05) is 33.9 Å². The summed E-state index contributed by atoms with van der Waals surface area (Å²) in [6, 6.07) is 19.5. The number of nitrogens with one attached hydrogen (secondary N) is 1. The predicted octanol–water partition coefficient (Wildman–Crippen LogP) is 5.42. The molecular weight excluding hydrogens is 428 g/mol. The lowest BCUT2D eigenvalue weighted by Crippen LogP contribution is -2.30. The maximum absolute atomic E-state index is 13.4. The number of hydrogen-bond donors (Lipinski definition) is 2. The number of fused-ring (bicyclic) bond motifs is 1. The molecule has 3 aromatic carbocycles. The molecule has 1 atom stereocenters. The zero-order valence-corrected chi connectivity index (χ0v) is 19.1. The van der Waals surface area contributed by atoms with Gasteiger partial charge in [0.15, 0.2) is 0 Å². The summed E-state index contributed by atoms with van der Waals surface area (Å²) in [7, 11) is 1.58. The molecule has 1 unspecified atom stereocenters. The number of Topliss-reactive ketones (excluding diaryl/α,β-unsaturated/α-hetero) is 1. The molecule has 6 nitrogen and oxygen atoms in total. The SMILES string of the molecule is COc1ccc(/C(O)=C2\C(=O)C(=O)N(c3ccccc3C)C2c2c[nH]c3ccccc23)cc1C. The van der Waals surface area contributed by atoms with Crippen LogP contribution in [0.2, 0.25) is 0 Å². The molecule has 4 aromatic rings. The molecule has 2 heterocycles. The first kappa shape index (κ1) is 21.5. The minimum absolute atomic E-state index is 0.0579. The van der Waals surface area contributed by atoms with E-state index in [1.165, 1.54) is 4.90 Å². The Morgan fingerprint density at radius 2 is 1.71 bits per heavy atom. The van der Waals surface area contributed by atoms with Crippen molar-refractivity contribution in [3.63, 3.8) is 0 Å².